The molecule has 0 aliphatic heterocycles. The molecule has 1 aromatic heterocycles. The quantitative estimate of drug-likeness (QED) is 0.388. The Labute approximate surface area is 200 Å². The first kappa shape index (κ1) is 24.6. The fourth-order valence-electron chi connectivity index (χ4n) is 3.22. The van der Waals surface area contributed by atoms with Crippen LogP contribution in [-0.2, 0) is 24.2 Å². The summed E-state index contributed by atoms with van der Waals surface area (Å²) in [5.41, 5.74) is 2.17. The standard InChI is InChI=1S/C26H31N3O3S/c1-5-19-16-27-25(28-17-19)29(18-21-8-12-23(33-4)13-9-21)15-14-20-6-10-22(11-7-20)32-26(2,3)24(30)31/h6-13,16-17H,5,14-15,18H2,1-4H3,(H,30,31). The molecule has 3 aromatic rings. The Bertz CT molecular complexity index is 1040. The summed E-state index contributed by atoms with van der Waals surface area (Å²) in [5, 5.41) is 9.25. The molecule has 0 atom stereocenters. The first-order valence-electron chi connectivity index (χ1n) is 11.0. The van der Waals surface area contributed by atoms with E-state index < -0.39 is 11.6 Å². The van der Waals surface area contributed by atoms with Crippen LogP contribution in [0.25, 0.3) is 0 Å². The highest BCUT2D eigenvalue weighted by molar-refractivity contribution is 7.98. The van der Waals surface area contributed by atoms with Crippen molar-refractivity contribution in [3.8, 4) is 5.75 Å². The van der Waals surface area contributed by atoms with Gasteiger partial charge in [-0.2, -0.15) is 0 Å². The molecule has 0 amide bonds. The number of carbonyl (C=O) groups is 1. The molecule has 1 heterocycles. The van der Waals surface area contributed by atoms with Crippen molar-refractivity contribution in [2.45, 2.75) is 50.7 Å². The molecule has 0 unspecified atom stereocenters. The molecule has 3 rings (SSSR count). The Kier molecular flexibility index (Phi) is 8.33. The van der Waals surface area contributed by atoms with Crippen LogP contribution in [0, 0.1) is 0 Å². The number of hydrogen-bond acceptors (Lipinski definition) is 6. The maximum absolute atomic E-state index is 11.3. The Morgan fingerprint density at radius 1 is 1.00 bits per heavy atom. The zero-order valence-corrected chi connectivity index (χ0v) is 20.4. The zero-order chi connectivity index (χ0) is 23.8. The molecule has 7 heteroatoms. The normalized spacial score (nSPS) is 11.3. The number of ether oxygens (including phenoxy) is 1. The summed E-state index contributed by atoms with van der Waals surface area (Å²) in [6.07, 6.45) is 7.56. The Morgan fingerprint density at radius 2 is 1.61 bits per heavy atom. The van der Waals surface area contributed by atoms with Crippen molar-refractivity contribution in [1.82, 2.24) is 9.97 Å². The van der Waals surface area contributed by atoms with Gasteiger partial charge in [0.15, 0.2) is 5.60 Å². The lowest BCUT2D eigenvalue weighted by Gasteiger charge is -2.23. The minimum Gasteiger partial charge on any atom is -0.478 e. The highest BCUT2D eigenvalue weighted by Gasteiger charge is 2.29. The molecule has 0 aliphatic rings. The van der Waals surface area contributed by atoms with Gasteiger partial charge in [-0.3, -0.25) is 0 Å². The van der Waals surface area contributed by atoms with Crippen LogP contribution < -0.4 is 9.64 Å². The van der Waals surface area contributed by atoms with E-state index in [1.165, 1.54) is 24.3 Å². The highest BCUT2D eigenvalue weighted by Crippen LogP contribution is 2.21. The zero-order valence-electron chi connectivity index (χ0n) is 19.6. The maximum atomic E-state index is 11.3. The number of benzene rings is 2. The van der Waals surface area contributed by atoms with E-state index in [-0.39, 0.29) is 0 Å². The predicted molar refractivity (Wildman–Crippen MR) is 133 cm³/mol. The van der Waals surface area contributed by atoms with Gasteiger partial charge in [-0.1, -0.05) is 31.2 Å². The molecule has 0 saturated carbocycles. The van der Waals surface area contributed by atoms with Crippen molar-refractivity contribution in [3.63, 3.8) is 0 Å². The number of nitrogens with zero attached hydrogens (tertiary/aromatic N) is 3. The van der Waals surface area contributed by atoms with Gasteiger partial charge in [0.25, 0.3) is 0 Å². The molecule has 0 bridgehead atoms. The van der Waals surface area contributed by atoms with Crippen LogP contribution in [0.4, 0.5) is 5.95 Å². The predicted octanol–water partition coefficient (Wildman–Crippen LogP) is 5.25. The average molecular weight is 466 g/mol. The molecule has 0 spiro atoms. The van der Waals surface area contributed by atoms with Gasteiger partial charge >= 0.3 is 5.97 Å². The summed E-state index contributed by atoms with van der Waals surface area (Å²) >= 11 is 1.73. The second-order valence-corrected chi connectivity index (χ2v) is 9.21. The third-order valence-corrected chi connectivity index (χ3v) is 6.14. The van der Waals surface area contributed by atoms with Crippen LogP contribution >= 0.6 is 11.8 Å². The summed E-state index contributed by atoms with van der Waals surface area (Å²) in [7, 11) is 0. The molecule has 1 N–H and O–H groups in total. The number of rotatable bonds is 11. The lowest BCUT2D eigenvalue weighted by Crippen LogP contribution is -2.37. The minimum atomic E-state index is -1.27. The van der Waals surface area contributed by atoms with Gasteiger partial charge in [-0.05, 0) is 73.9 Å². The van der Waals surface area contributed by atoms with Crippen LogP contribution in [0.2, 0.25) is 0 Å². The number of thioether (sulfide) groups is 1. The van der Waals surface area contributed by atoms with Gasteiger partial charge in [0, 0.05) is 30.4 Å². The number of carboxylic acids is 1. The van der Waals surface area contributed by atoms with Gasteiger partial charge < -0.3 is 14.7 Å². The van der Waals surface area contributed by atoms with E-state index >= 15 is 0 Å². The SMILES string of the molecule is CCc1cnc(N(CCc2ccc(OC(C)(C)C(=O)O)cc2)Cc2ccc(SC)cc2)nc1. The Hall–Kier alpha value is -3.06. The lowest BCUT2D eigenvalue weighted by molar-refractivity contribution is -0.152. The average Bonchev–Trinajstić information content (AvgIpc) is 2.83. The molecule has 0 aliphatic carbocycles. The summed E-state index contributed by atoms with van der Waals surface area (Å²) in [4.78, 5) is 23.9. The van der Waals surface area contributed by atoms with E-state index in [0.29, 0.717) is 18.2 Å². The molecule has 2 aromatic carbocycles. The summed E-state index contributed by atoms with van der Waals surface area (Å²) in [6.45, 7) is 6.63. The van der Waals surface area contributed by atoms with Crippen LogP contribution in [0.5, 0.6) is 5.75 Å². The van der Waals surface area contributed by atoms with E-state index in [1.807, 2.05) is 36.7 Å². The summed E-state index contributed by atoms with van der Waals surface area (Å²) in [5.74, 6) is 0.251. The fourth-order valence-corrected chi connectivity index (χ4v) is 3.63. The van der Waals surface area contributed by atoms with Gasteiger partial charge in [-0.25, -0.2) is 14.8 Å². The number of aliphatic carboxylic acids is 1. The van der Waals surface area contributed by atoms with E-state index in [1.54, 1.807) is 11.8 Å². The minimum absolute atomic E-state index is 0.537. The smallest absolute Gasteiger partial charge is 0.347 e. The Morgan fingerprint density at radius 3 is 2.15 bits per heavy atom. The number of hydrogen-bond donors (Lipinski definition) is 1. The van der Waals surface area contributed by atoms with Crippen molar-refractivity contribution in [3.05, 3.63) is 77.6 Å². The van der Waals surface area contributed by atoms with Crippen molar-refractivity contribution in [2.75, 3.05) is 17.7 Å². The van der Waals surface area contributed by atoms with Crippen molar-refractivity contribution < 1.29 is 14.6 Å². The number of anilines is 1. The van der Waals surface area contributed by atoms with Gasteiger partial charge in [0.2, 0.25) is 5.95 Å². The van der Waals surface area contributed by atoms with Gasteiger partial charge in [0.1, 0.15) is 5.75 Å². The first-order chi connectivity index (χ1) is 15.8. The van der Waals surface area contributed by atoms with Crippen molar-refractivity contribution >= 4 is 23.7 Å². The van der Waals surface area contributed by atoms with E-state index in [9.17, 15) is 9.90 Å². The van der Waals surface area contributed by atoms with Crippen LogP contribution in [-0.4, -0.2) is 39.4 Å². The highest BCUT2D eigenvalue weighted by atomic mass is 32.2. The van der Waals surface area contributed by atoms with E-state index in [4.69, 9.17) is 4.74 Å². The maximum Gasteiger partial charge on any atom is 0.347 e. The van der Waals surface area contributed by atoms with Crippen LogP contribution in [0.15, 0.2) is 65.8 Å². The first-order valence-corrected chi connectivity index (χ1v) is 12.2. The summed E-state index contributed by atoms with van der Waals surface area (Å²) < 4.78 is 5.60. The summed E-state index contributed by atoms with van der Waals surface area (Å²) in [6, 6.07) is 16.1. The molecule has 0 radical (unpaired) electrons. The third-order valence-electron chi connectivity index (χ3n) is 5.40. The molecule has 174 valence electrons. The number of aromatic nitrogens is 2. The fraction of sp³-hybridized carbons (Fsp3) is 0.346. The molecule has 0 saturated heterocycles. The Balaban J connectivity index is 1.71. The molecular formula is C26H31N3O3S. The monoisotopic (exact) mass is 465 g/mol. The van der Waals surface area contributed by atoms with E-state index in [0.717, 1.165) is 30.5 Å². The second kappa shape index (κ2) is 11.2. The number of carboxylic acid groups (broad SMARTS) is 1. The lowest BCUT2D eigenvalue weighted by atomic mass is 10.1. The van der Waals surface area contributed by atoms with Gasteiger partial charge in [-0.15, -0.1) is 11.8 Å². The largest absolute Gasteiger partial charge is 0.478 e. The van der Waals surface area contributed by atoms with Crippen molar-refractivity contribution in [1.29, 1.82) is 0 Å². The number of aryl methyl sites for hydroxylation is 1. The topological polar surface area (TPSA) is 75.6 Å². The molecule has 0 fully saturated rings. The molecule has 33 heavy (non-hydrogen) atoms. The molecular weight excluding hydrogens is 434 g/mol. The second-order valence-electron chi connectivity index (χ2n) is 8.33. The van der Waals surface area contributed by atoms with Crippen molar-refractivity contribution in [2.24, 2.45) is 0 Å². The third kappa shape index (κ3) is 6.96. The van der Waals surface area contributed by atoms with Gasteiger partial charge in [0.05, 0.1) is 0 Å². The molecule has 6 nitrogen and oxygen atoms in total. The van der Waals surface area contributed by atoms with Crippen LogP contribution in [0.3, 0.4) is 0 Å². The van der Waals surface area contributed by atoms with E-state index in [2.05, 4.69) is 52.3 Å². The van der Waals surface area contributed by atoms with Crippen LogP contribution in [0.1, 0.15) is 37.5 Å².